The molecule has 5 heteroatoms. The molecule has 1 aromatic rings. The summed E-state index contributed by atoms with van der Waals surface area (Å²) in [4.78, 5) is 4.30. The monoisotopic (exact) mass is 274 g/mol. The van der Waals surface area contributed by atoms with Crippen LogP contribution in [-0.4, -0.2) is 23.3 Å². The Labute approximate surface area is 121 Å². The summed E-state index contributed by atoms with van der Waals surface area (Å²) in [7, 11) is -0.347. The fourth-order valence-corrected chi connectivity index (χ4v) is 1.98. The van der Waals surface area contributed by atoms with Crippen molar-refractivity contribution in [2.45, 2.75) is 51.9 Å². The Morgan fingerprint density at radius 1 is 1.25 bits per heavy atom. The van der Waals surface area contributed by atoms with Crippen molar-refractivity contribution in [2.75, 3.05) is 0 Å². The van der Waals surface area contributed by atoms with Gasteiger partial charge in [-0.05, 0) is 58.4 Å². The van der Waals surface area contributed by atoms with E-state index in [-0.39, 0.29) is 24.4 Å². The van der Waals surface area contributed by atoms with E-state index in [9.17, 15) is 0 Å². The standard InChI is InChI=1S/C15H23BN2O2/c1-11(17)12-7-9-18-13(10-12)6-8-16-19-14(2,3)15(4,5)20-16/h6-11H,17H2,1-5H3/b8-6+/t11-/m1/s1. The quantitative estimate of drug-likeness (QED) is 0.861. The molecule has 0 spiro atoms. The van der Waals surface area contributed by atoms with E-state index in [2.05, 4.69) is 4.98 Å². The molecule has 0 amide bonds. The second-order valence-corrected chi connectivity index (χ2v) is 6.29. The Hall–Kier alpha value is -1.17. The summed E-state index contributed by atoms with van der Waals surface area (Å²) in [6.07, 6.45) is 3.68. The summed E-state index contributed by atoms with van der Waals surface area (Å²) in [5.74, 6) is 1.89. The van der Waals surface area contributed by atoms with Crippen LogP contribution >= 0.6 is 0 Å². The highest BCUT2D eigenvalue weighted by molar-refractivity contribution is 6.52. The zero-order chi connectivity index (χ0) is 15.0. The Balaban J connectivity index is 2.10. The van der Waals surface area contributed by atoms with Crippen LogP contribution in [0.1, 0.15) is 51.9 Å². The van der Waals surface area contributed by atoms with Gasteiger partial charge in [-0.3, -0.25) is 4.98 Å². The highest BCUT2D eigenvalue weighted by Crippen LogP contribution is 2.36. The molecule has 0 aliphatic carbocycles. The third-order valence-corrected chi connectivity index (χ3v) is 4.03. The maximum absolute atomic E-state index is 5.90. The number of nitrogens with zero attached hydrogens (tertiary/aromatic N) is 1. The first-order valence-electron chi connectivity index (χ1n) is 6.97. The maximum Gasteiger partial charge on any atom is 0.487 e. The minimum absolute atomic E-state index is 0.00185. The van der Waals surface area contributed by atoms with Gasteiger partial charge in [-0.25, -0.2) is 0 Å². The summed E-state index contributed by atoms with van der Waals surface area (Å²) in [5, 5.41) is 0. The fraction of sp³-hybridized carbons (Fsp3) is 0.533. The van der Waals surface area contributed by atoms with E-state index in [1.807, 2.05) is 58.8 Å². The molecule has 1 atom stereocenters. The lowest BCUT2D eigenvalue weighted by Crippen LogP contribution is -2.41. The molecule has 1 aliphatic rings. The average molecular weight is 274 g/mol. The smallest absolute Gasteiger partial charge is 0.400 e. The molecule has 0 aromatic carbocycles. The highest BCUT2D eigenvalue weighted by Gasteiger charge is 2.49. The van der Waals surface area contributed by atoms with Crippen molar-refractivity contribution in [3.05, 3.63) is 35.6 Å². The van der Waals surface area contributed by atoms with Gasteiger partial charge in [0.1, 0.15) is 0 Å². The summed E-state index contributed by atoms with van der Waals surface area (Å²) in [6.45, 7) is 10.1. The van der Waals surface area contributed by atoms with Crippen LogP contribution in [0.2, 0.25) is 0 Å². The molecule has 2 rings (SSSR count). The number of rotatable bonds is 3. The molecule has 0 unspecified atom stereocenters. The van der Waals surface area contributed by atoms with Crippen LogP contribution in [0.3, 0.4) is 0 Å². The zero-order valence-corrected chi connectivity index (χ0v) is 12.9. The Kier molecular flexibility index (Phi) is 4.05. The molecular formula is C15H23BN2O2. The molecule has 0 saturated carbocycles. The predicted octanol–water partition coefficient (Wildman–Crippen LogP) is 2.75. The van der Waals surface area contributed by atoms with E-state index in [1.165, 1.54) is 0 Å². The van der Waals surface area contributed by atoms with Gasteiger partial charge in [0.15, 0.2) is 0 Å². The molecule has 20 heavy (non-hydrogen) atoms. The van der Waals surface area contributed by atoms with Crippen LogP contribution in [0.25, 0.3) is 6.08 Å². The molecular weight excluding hydrogens is 251 g/mol. The van der Waals surface area contributed by atoms with Gasteiger partial charge in [0.05, 0.1) is 16.9 Å². The number of hydrogen-bond acceptors (Lipinski definition) is 4. The second-order valence-electron chi connectivity index (χ2n) is 6.29. The molecule has 2 N–H and O–H groups in total. The van der Waals surface area contributed by atoms with Crippen molar-refractivity contribution in [3.8, 4) is 0 Å². The molecule has 2 heterocycles. The minimum Gasteiger partial charge on any atom is -0.400 e. The number of hydrogen-bond donors (Lipinski definition) is 1. The van der Waals surface area contributed by atoms with E-state index >= 15 is 0 Å². The third-order valence-electron chi connectivity index (χ3n) is 4.03. The van der Waals surface area contributed by atoms with Crippen LogP contribution in [0.15, 0.2) is 24.3 Å². The molecule has 0 radical (unpaired) electrons. The van der Waals surface area contributed by atoms with Crippen LogP contribution < -0.4 is 5.73 Å². The van der Waals surface area contributed by atoms with Crippen molar-refractivity contribution in [3.63, 3.8) is 0 Å². The minimum atomic E-state index is -0.347. The van der Waals surface area contributed by atoms with E-state index in [4.69, 9.17) is 15.0 Å². The summed E-state index contributed by atoms with van der Waals surface area (Å²) >= 11 is 0. The predicted molar refractivity (Wildman–Crippen MR) is 82.0 cm³/mol. The van der Waals surface area contributed by atoms with Gasteiger partial charge in [0.25, 0.3) is 0 Å². The Morgan fingerprint density at radius 3 is 2.40 bits per heavy atom. The average Bonchev–Trinajstić information content (AvgIpc) is 2.56. The van der Waals surface area contributed by atoms with E-state index < -0.39 is 0 Å². The topological polar surface area (TPSA) is 57.4 Å². The second kappa shape index (κ2) is 5.32. The van der Waals surface area contributed by atoms with Crippen molar-refractivity contribution in [2.24, 2.45) is 5.73 Å². The Morgan fingerprint density at radius 2 is 1.85 bits per heavy atom. The molecule has 108 valence electrons. The van der Waals surface area contributed by atoms with Crippen molar-refractivity contribution in [1.82, 2.24) is 4.98 Å². The van der Waals surface area contributed by atoms with Crippen LogP contribution in [0, 0.1) is 0 Å². The van der Waals surface area contributed by atoms with Gasteiger partial charge in [-0.2, -0.15) is 0 Å². The largest absolute Gasteiger partial charge is 0.487 e. The van der Waals surface area contributed by atoms with Crippen molar-refractivity contribution in [1.29, 1.82) is 0 Å². The molecule has 1 fully saturated rings. The summed E-state index contributed by atoms with van der Waals surface area (Å²) in [5.41, 5.74) is 7.16. The number of nitrogens with two attached hydrogens (primary N) is 1. The maximum atomic E-state index is 5.90. The van der Waals surface area contributed by atoms with Gasteiger partial charge in [-0.15, -0.1) is 0 Å². The lowest BCUT2D eigenvalue weighted by molar-refractivity contribution is 0.00578. The highest BCUT2D eigenvalue weighted by atomic mass is 16.7. The molecule has 1 aliphatic heterocycles. The van der Waals surface area contributed by atoms with Gasteiger partial charge in [-0.1, -0.05) is 5.98 Å². The van der Waals surface area contributed by atoms with Gasteiger partial charge in [0, 0.05) is 12.2 Å². The van der Waals surface area contributed by atoms with E-state index in [1.54, 1.807) is 6.20 Å². The van der Waals surface area contributed by atoms with Gasteiger partial charge >= 0.3 is 7.12 Å². The summed E-state index contributed by atoms with van der Waals surface area (Å²) in [6, 6.07) is 3.91. The van der Waals surface area contributed by atoms with Crippen molar-refractivity contribution >= 4 is 13.2 Å². The molecule has 4 nitrogen and oxygen atoms in total. The van der Waals surface area contributed by atoms with Crippen molar-refractivity contribution < 1.29 is 9.31 Å². The van der Waals surface area contributed by atoms with E-state index in [0.29, 0.717) is 0 Å². The number of pyridine rings is 1. The number of aromatic nitrogens is 1. The Bertz CT molecular complexity index is 496. The van der Waals surface area contributed by atoms with Gasteiger partial charge < -0.3 is 15.0 Å². The van der Waals surface area contributed by atoms with E-state index in [0.717, 1.165) is 11.3 Å². The lowest BCUT2D eigenvalue weighted by atomic mass is 9.89. The van der Waals surface area contributed by atoms with Crippen LogP contribution in [-0.2, 0) is 9.31 Å². The normalized spacial score (nSPS) is 22.4. The molecule has 0 bridgehead atoms. The van der Waals surface area contributed by atoms with Crippen LogP contribution in [0.4, 0.5) is 0 Å². The first-order valence-corrected chi connectivity index (χ1v) is 6.97. The SMILES string of the molecule is C[C@@H](N)c1ccnc(/C=C/B2OC(C)(C)C(C)(C)O2)c1. The first kappa shape index (κ1) is 15.2. The molecule has 1 aromatic heterocycles. The first-order chi connectivity index (χ1) is 9.21. The lowest BCUT2D eigenvalue weighted by Gasteiger charge is -2.32. The summed E-state index contributed by atoms with van der Waals surface area (Å²) < 4.78 is 11.8. The van der Waals surface area contributed by atoms with Crippen LogP contribution in [0.5, 0.6) is 0 Å². The third kappa shape index (κ3) is 3.11. The fourth-order valence-electron chi connectivity index (χ4n) is 1.98. The molecule has 1 saturated heterocycles. The zero-order valence-electron chi connectivity index (χ0n) is 12.9. The van der Waals surface area contributed by atoms with Gasteiger partial charge in [0.2, 0.25) is 0 Å².